The molecule has 1 saturated heterocycles. The summed E-state index contributed by atoms with van der Waals surface area (Å²) in [6.45, 7) is 4.85. The first-order valence-electron chi connectivity index (χ1n) is 10.7. The van der Waals surface area contributed by atoms with E-state index in [4.69, 9.17) is 16.2 Å². The van der Waals surface area contributed by atoms with Gasteiger partial charge in [0.15, 0.2) is 5.96 Å². The summed E-state index contributed by atoms with van der Waals surface area (Å²) in [4.78, 5) is 32.5. The minimum Gasteiger partial charge on any atom is -0.443 e. The van der Waals surface area contributed by atoms with Crippen LogP contribution in [0.25, 0.3) is 11.1 Å². The van der Waals surface area contributed by atoms with Crippen LogP contribution in [0.2, 0.25) is 0 Å². The SMILES string of the molecule is Cc1cccnc1N1CCN(c2ncc(-c3cccc(COC(=O)N=C(N)N)c3F)cn2)CC1. The van der Waals surface area contributed by atoms with Gasteiger partial charge in [0.2, 0.25) is 5.95 Å². The predicted octanol–water partition coefficient (Wildman–Crippen LogP) is 2.22. The Morgan fingerprint density at radius 2 is 1.76 bits per heavy atom. The van der Waals surface area contributed by atoms with Crippen molar-refractivity contribution < 1.29 is 13.9 Å². The van der Waals surface area contributed by atoms with Crippen molar-refractivity contribution in [3.8, 4) is 11.1 Å². The molecule has 2 aromatic heterocycles. The van der Waals surface area contributed by atoms with E-state index in [2.05, 4.69) is 42.7 Å². The summed E-state index contributed by atoms with van der Waals surface area (Å²) in [5, 5.41) is 0. The summed E-state index contributed by atoms with van der Waals surface area (Å²) >= 11 is 0. The Morgan fingerprint density at radius 1 is 1.06 bits per heavy atom. The summed E-state index contributed by atoms with van der Waals surface area (Å²) in [6.07, 6.45) is 3.99. The van der Waals surface area contributed by atoms with Crippen molar-refractivity contribution in [3.63, 3.8) is 0 Å². The van der Waals surface area contributed by atoms with Crippen molar-refractivity contribution in [2.75, 3.05) is 36.0 Å². The van der Waals surface area contributed by atoms with Gasteiger partial charge < -0.3 is 26.0 Å². The first-order valence-corrected chi connectivity index (χ1v) is 10.7. The zero-order chi connectivity index (χ0) is 24.1. The molecule has 0 aliphatic carbocycles. The highest BCUT2D eigenvalue weighted by molar-refractivity contribution is 5.87. The number of anilines is 2. The lowest BCUT2D eigenvalue weighted by Crippen LogP contribution is -2.47. The molecular formula is C23H25FN8O2. The molecule has 34 heavy (non-hydrogen) atoms. The molecule has 176 valence electrons. The molecule has 1 fully saturated rings. The molecule has 0 bridgehead atoms. The van der Waals surface area contributed by atoms with Crippen molar-refractivity contribution in [1.29, 1.82) is 0 Å². The Morgan fingerprint density at radius 3 is 2.44 bits per heavy atom. The molecule has 4 rings (SSSR count). The molecule has 1 amide bonds. The summed E-state index contributed by atoms with van der Waals surface area (Å²) in [6, 6.07) is 8.78. The van der Waals surface area contributed by atoms with Crippen LogP contribution in [0, 0.1) is 12.7 Å². The van der Waals surface area contributed by atoms with Gasteiger partial charge in [0.1, 0.15) is 18.2 Å². The number of aliphatic imine (C=N–C) groups is 1. The number of ether oxygens (including phenoxy) is 1. The van der Waals surface area contributed by atoms with Crippen LogP contribution < -0.4 is 21.3 Å². The van der Waals surface area contributed by atoms with Crippen molar-refractivity contribution in [3.05, 3.63) is 65.9 Å². The van der Waals surface area contributed by atoms with E-state index in [1.54, 1.807) is 30.7 Å². The monoisotopic (exact) mass is 464 g/mol. The molecule has 0 atom stereocenters. The first kappa shape index (κ1) is 22.9. The van der Waals surface area contributed by atoms with Gasteiger partial charge in [-0.3, -0.25) is 0 Å². The van der Waals surface area contributed by atoms with Gasteiger partial charge >= 0.3 is 6.09 Å². The van der Waals surface area contributed by atoms with Crippen molar-refractivity contribution in [2.45, 2.75) is 13.5 Å². The van der Waals surface area contributed by atoms with Gasteiger partial charge in [0.25, 0.3) is 0 Å². The molecule has 1 aliphatic heterocycles. The number of benzene rings is 1. The Labute approximate surface area is 196 Å². The van der Waals surface area contributed by atoms with E-state index in [1.165, 1.54) is 6.07 Å². The lowest BCUT2D eigenvalue weighted by Gasteiger charge is -2.36. The molecule has 1 aromatic carbocycles. The third-order valence-electron chi connectivity index (χ3n) is 5.44. The number of hydrogen-bond acceptors (Lipinski definition) is 7. The largest absolute Gasteiger partial charge is 0.443 e. The second-order valence-corrected chi connectivity index (χ2v) is 7.76. The van der Waals surface area contributed by atoms with E-state index in [0.717, 1.165) is 37.6 Å². The van der Waals surface area contributed by atoms with Crippen LogP contribution in [-0.4, -0.2) is 53.2 Å². The number of aryl methyl sites for hydroxylation is 1. The van der Waals surface area contributed by atoms with E-state index in [1.807, 2.05) is 6.07 Å². The molecule has 10 nitrogen and oxygen atoms in total. The number of amides is 1. The highest BCUT2D eigenvalue weighted by Crippen LogP contribution is 2.26. The summed E-state index contributed by atoms with van der Waals surface area (Å²) in [5.41, 5.74) is 12.4. The molecule has 0 saturated carbocycles. The summed E-state index contributed by atoms with van der Waals surface area (Å²) in [7, 11) is 0. The third-order valence-corrected chi connectivity index (χ3v) is 5.44. The Kier molecular flexibility index (Phi) is 6.81. The number of halogens is 1. The smallest absolute Gasteiger partial charge is 0.437 e. The molecule has 3 aromatic rings. The van der Waals surface area contributed by atoms with Crippen LogP contribution in [0.5, 0.6) is 0 Å². The Balaban J connectivity index is 1.42. The normalized spacial score (nSPS) is 13.5. The molecule has 11 heteroatoms. The molecule has 4 N–H and O–H groups in total. The van der Waals surface area contributed by atoms with E-state index < -0.39 is 17.9 Å². The molecular weight excluding hydrogens is 439 g/mol. The van der Waals surface area contributed by atoms with Gasteiger partial charge in [-0.1, -0.05) is 24.3 Å². The topological polar surface area (TPSA) is 136 Å². The lowest BCUT2D eigenvalue weighted by atomic mass is 10.1. The quantitative estimate of drug-likeness (QED) is 0.430. The number of nitrogens with zero attached hydrogens (tertiary/aromatic N) is 6. The standard InChI is InChI=1S/C23H25FN8O2/c1-15-4-3-7-27-20(15)31-8-10-32(11-9-31)22-28-12-17(13-29-22)18-6-2-5-16(19(18)24)14-34-23(33)30-21(25)26/h2-7,12-13H,8-11,14H2,1H3,(H4,25,26,30,33). The zero-order valence-electron chi connectivity index (χ0n) is 18.7. The number of aromatic nitrogens is 3. The van der Waals surface area contributed by atoms with E-state index >= 15 is 4.39 Å². The average Bonchev–Trinajstić information content (AvgIpc) is 2.84. The van der Waals surface area contributed by atoms with Gasteiger partial charge in [0.05, 0.1) is 0 Å². The number of rotatable bonds is 5. The maximum atomic E-state index is 15.0. The van der Waals surface area contributed by atoms with Crippen LogP contribution in [0.1, 0.15) is 11.1 Å². The number of guanidine groups is 1. The average molecular weight is 465 g/mol. The fourth-order valence-corrected chi connectivity index (χ4v) is 3.74. The first-order chi connectivity index (χ1) is 16.4. The van der Waals surface area contributed by atoms with E-state index in [9.17, 15) is 4.79 Å². The predicted molar refractivity (Wildman–Crippen MR) is 127 cm³/mol. The van der Waals surface area contributed by atoms with Crippen molar-refractivity contribution in [1.82, 2.24) is 15.0 Å². The molecule has 0 unspecified atom stereocenters. The van der Waals surface area contributed by atoms with Gasteiger partial charge in [-0.2, -0.15) is 0 Å². The number of hydrogen-bond donors (Lipinski definition) is 2. The van der Waals surface area contributed by atoms with Gasteiger partial charge in [-0.15, -0.1) is 4.99 Å². The summed E-state index contributed by atoms with van der Waals surface area (Å²) in [5.74, 6) is 0.627. The highest BCUT2D eigenvalue weighted by atomic mass is 19.1. The highest BCUT2D eigenvalue weighted by Gasteiger charge is 2.21. The number of nitrogens with two attached hydrogens (primary N) is 2. The summed E-state index contributed by atoms with van der Waals surface area (Å²) < 4.78 is 19.9. The number of pyridine rings is 1. The second kappa shape index (κ2) is 10.1. The zero-order valence-corrected chi connectivity index (χ0v) is 18.7. The third kappa shape index (κ3) is 5.20. The maximum Gasteiger partial charge on any atom is 0.437 e. The molecule has 3 heterocycles. The fourth-order valence-electron chi connectivity index (χ4n) is 3.74. The van der Waals surface area contributed by atoms with Gasteiger partial charge in [0, 0.05) is 61.5 Å². The minimum atomic E-state index is -0.990. The lowest BCUT2D eigenvalue weighted by molar-refractivity contribution is 0.149. The van der Waals surface area contributed by atoms with Crippen molar-refractivity contribution in [2.24, 2.45) is 16.5 Å². The van der Waals surface area contributed by atoms with Crippen LogP contribution in [0.15, 0.2) is 53.9 Å². The van der Waals surface area contributed by atoms with Crippen LogP contribution in [-0.2, 0) is 11.3 Å². The van der Waals surface area contributed by atoms with Crippen LogP contribution in [0.4, 0.5) is 21.0 Å². The molecule has 0 spiro atoms. The number of piperazine rings is 1. The minimum absolute atomic E-state index is 0.182. The second-order valence-electron chi connectivity index (χ2n) is 7.76. The number of carbonyl (C=O) groups excluding carboxylic acids is 1. The van der Waals surface area contributed by atoms with Crippen LogP contribution in [0.3, 0.4) is 0 Å². The van der Waals surface area contributed by atoms with Crippen LogP contribution >= 0.6 is 0 Å². The maximum absolute atomic E-state index is 15.0. The van der Waals surface area contributed by atoms with Gasteiger partial charge in [-0.05, 0) is 18.6 Å². The number of carbonyl (C=O) groups is 1. The van der Waals surface area contributed by atoms with E-state index in [-0.39, 0.29) is 12.2 Å². The Hall–Kier alpha value is -4.28. The van der Waals surface area contributed by atoms with Crippen molar-refractivity contribution >= 4 is 23.8 Å². The molecule has 0 radical (unpaired) electrons. The van der Waals surface area contributed by atoms with E-state index in [0.29, 0.717) is 17.1 Å². The fraction of sp³-hybridized carbons (Fsp3) is 0.261. The Bertz CT molecular complexity index is 1190. The van der Waals surface area contributed by atoms with Gasteiger partial charge in [-0.25, -0.2) is 24.1 Å². The molecule has 1 aliphatic rings.